The fourth-order valence-electron chi connectivity index (χ4n) is 2.01. The van der Waals surface area contributed by atoms with E-state index >= 15 is 0 Å². The van der Waals surface area contributed by atoms with E-state index in [9.17, 15) is 19.3 Å². The van der Waals surface area contributed by atoms with Crippen LogP contribution < -0.4 is 0 Å². The van der Waals surface area contributed by atoms with Gasteiger partial charge in [0.25, 0.3) is 11.6 Å². The van der Waals surface area contributed by atoms with E-state index in [1.54, 1.807) is 6.07 Å². The van der Waals surface area contributed by atoms with Crippen LogP contribution in [-0.2, 0) is 4.74 Å². The Bertz CT molecular complexity index is 925. The average Bonchev–Trinajstić information content (AvgIpc) is 3.25. The minimum atomic E-state index is -1.06. The van der Waals surface area contributed by atoms with E-state index in [1.165, 1.54) is 18.3 Å². The number of carbonyl (C=O) groups is 1. The van der Waals surface area contributed by atoms with E-state index in [0.717, 1.165) is 23.1 Å². The van der Waals surface area contributed by atoms with Gasteiger partial charge in [0.1, 0.15) is 11.4 Å². The molecule has 0 saturated carbocycles. The minimum Gasteiger partial charge on any atom is -0.449 e. The average molecular weight is 363 g/mol. The van der Waals surface area contributed by atoms with E-state index in [-0.39, 0.29) is 5.89 Å². The number of ether oxygens (including phenoxy) is 1. The van der Waals surface area contributed by atoms with Crippen molar-refractivity contribution in [3.63, 3.8) is 0 Å². The van der Waals surface area contributed by atoms with Gasteiger partial charge in [0.15, 0.2) is 6.10 Å². The van der Waals surface area contributed by atoms with Crippen molar-refractivity contribution in [1.29, 1.82) is 0 Å². The highest BCUT2D eigenvalue weighted by Gasteiger charge is 2.26. The maximum Gasteiger partial charge on any atom is 0.346 e. The molecular formula is C15H10FN3O5S. The number of thiophene rings is 1. The molecule has 0 aliphatic heterocycles. The topological polar surface area (TPSA) is 108 Å². The summed E-state index contributed by atoms with van der Waals surface area (Å²) in [5, 5.41) is 16.6. The van der Waals surface area contributed by atoms with E-state index in [0.29, 0.717) is 5.82 Å². The number of hydrogen-bond donors (Lipinski definition) is 0. The Morgan fingerprint density at radius 1 is 1.44 bits per heavy atom. The molecule has 0 aliphatic rings. The zero-order valence-corrected chi connectivity index (χ0v) is 13.5. The summed E-state index contributed by atoms with van der Waals surface area (Å²) in [7, 11) is 0. The molecule has 0 spiro atoms. The summed E-state index contributed by atoms with van der Waals surface area (Å²) in [5.74, 6) is -1.49. The largest absolute Gasteiger partial charge is 0.449 e. The number of halogens is 1. The van der Waals surface area contributed by atoms with Crippen LogP contribution in [0.25, 0.3) is 10.7 Å². The summed E-state index contributed by atoms with van der Waals surface area (Å²) < 4.78 is 23.5. The van der Waals surface area contributed by atoms with E-state index < -0.39 is 34.1 Å². The lowest BCUT2D eigenvalue weighted by atomic mass is 10.2. The highest BCUT2D eigenvalue weighted by Crippen LogP contribution is 2.26. The van der Waals surface area contributed by atoms with Gasteiger partial charge in [0, 0.05) is 6.07 Å². The molecule has 0 aliphatic carbocycles. The van der Waals surface area contributed by atoms with Crippen molar-refractivity contribution in [2.45, 2.75) is 13.0 Å². The zero-order chi connectivity index (χ0) is 18.0. The molecule has 0 bridgehead atoms. The molecule has 25 heavy (non-hydrogen) atoms. The van der Waals surface area contributed by atoms with E-state index in [1.807, 2.05) is 11.4 Å². The lowest BCUT2D eigenvalue weighted by Crippen LogP contribution is -2.12. The third-order valence-corrected chi connectivity index (χ3v) is 4.06. The lowest BCUT2D eigenvalue weighted by molar-refractivity contribution is -0.385. The Hall–Kier alpha value is -3.14. The van der Waals surface area contributed by atoms with Crippen molar-refractivity contribution in [3.05, 3.63) is 63.1 Å². The van der Waals surface area contributed by atoms with Crippen LogP contribution in [-0.4, -0.2) is 21.0 Å². The van der Waals surface area contributed by atoms with Crippen molar-refractivity contribution in [1.82, 2.24) is 10.1 Å². The molecule has 0 unspecified atom stereocenters. The molecule has 0 saturated heterocycles. The first-order valence-electron chi connectivity index (χ1n) is 6.98. The first-order chi connectivity index (χ1) is 12.0. The number of esters is 1. The fraction of sp³-hybridized carbons (Fsp3) is 0.133. The molecule has 0 radical (unpaired) electrons. The molecule has 8 nitrogen and oxygen atoms in total. The third kappa shape index (κ3) is 3.53. The molecule has 3 aromatic rings. The Labute approximate surface area is 144 Å². The molecule has 3 rings (SSSR count). The Morgan fingerprint density at radius 3 is 2.92 bits per heavy atom. The maximum atomic E-state index is 13.3. The number of hydrogen-bond acceptors (Lipinski definition) is 8. The highest BCUT2D eigenvalue weighted by molar-refractivity contribution is 7.13. The summed E-state index contributed by atoms with van der Waals surface area (Å²) in [5.41, 5.74) is -1.04. The second-order valence-electron chi connectivity index (χ2n) is 4.90. The zero-order valence-electron chi connectivity index (χ0n) is 12.7. The quantitative estimate of drug-likeness (QED) is 0.386. The Kier molecular flexibility index (Phi) is 4.52. The predicted molar refractivity (Wildman–Crippen MR) is 84.5 cm³/mol. The smallest absolute Gasteiger partial charge is 0.346 e. The second-order valence-corrected chi connectivity index (χ2v) is 5.85. The van der Waals surface area contributed by atoms with Crippen molar-refractivity contribution in [2.75, 3.05) is 0 Å². The number of aromatic nitrogens is 2. The van der Waals surface area contributed by atoms with Crippen LogP contribution in [0.3, 0.4) is 0 Å². The van der Waals surface area contributed by atoms with Crippen LogP contribution >= 0.6 is 11.3 Å². The molecule has 1 aromatic carbocycles. The molecule has 1 atom stereocenters. The van der Waals surface area contributed by atoms with Gasteiger partial charge in [0.2, 0.25) is 5.82 Å². The van der Waals surface area contributed by atoms with Gasteiger partial charge in [-0.2, -0.15) is 4.98 Å². The SMILES string of the molecule is C[C@H](OC(=O)c1cc(F)ccc1[N+](=O)[O-])c1nc(-c2cccs2)no1. The van der Waals surface area contributed by atoms with Gasteiger partial charge in [-0.25, -0.2) is 9.18 Å². The van der Waals surface area contributed by atoms with Crippen LogP contribution in [0.15, 0.2) is 40.2 Å². The van der Waals surface area contributed by atoms with E-state index in [4.69, 9.17) is 9.26 Å². The van der Waals surface area contributed by atoms with Crippen LogP contribution in [0.1, 0.15) is 29.3 Å². The van der Waals surface area contributed by atoms with Crippen molar-refractivity contribution >= 4 is 23.0 Å². The summed E-state index contributed by atoms with van der Waals surface area (Å²) >= 11 is 1.41. The van der Waals surface area contributed by atoms with Crippen molar-refractivity contribution < 1.29 is 23.4 Å². The first-order valence-corrected chi connectivity index (χ1v) is 7.86. The lowest BCUT2D eigenvalue weighted by Gasteiger charge is -2.09. The summed E-state index contributed by atoms with van der Waals surface area (Å²) in [6.45, 7) is 1.47. The summed E-state index contributed by atoms with van der Waals surface area (Å²) in [4.78, 5) is 27.2. The standard InChI is InChI=1S/C15H10FN3O5S/c1-8(14-17-13(18-24-14)12-3-2-6-25-12)23-15(20)10-7-9(16)4-5-11(10)19(21)22/h2-8H,1H3/t8-/m0/s1. The van der Waals surface area contributed by atoms with E-state index in [2.05, 4.69) is 10.1 Å². The number of rotatable bonds is 5. The monoisotopic (exact) mass is 363 g/mol. The third-order valence-electron chi connectivity index (χ3n) is 3.19. The number of nitro benzene ring substituents is 1. The highest BCUT2D eigenvalue weighted by atomic mass is 32.1. The first kappa shape index (κ1) is 16.7. The molecule has 2 aromatic heterocycles. The summed E-state index contributed by atoms with van der Waals surface area (Å²) in [6.07, 6.45) is -0.961. The Morgan fingerprint density at radius 2 is 2.24 bits per heavy atom. The van der Waals surface area contributed by atoms with Gasteiger partial charge in [-0.05, 0) is 30.5 Å². The van der Waals surface area contributed by atoms with Gasteiger partial charge in [0.05, 0.1) is 9.80 Å². The predicted octanol–water partition coefficient (Wildman–Crippen LogP) is 3.76. The Balaban J connectivity index is 1.79. The minimum absolute atomic E-state index is 0.0239. The molecule has 2 heterocycles. The van der Waals surface area contributed by atoms with Gasteiger partial charge in [-0.1, -0.05) is 11.2 Å². The van der Waals surface area contributed by atoms with Gasteiger partial charge < -0.3 is 9.26 Å². The van der Waals surface area contributed by atoms with Crippen LogP contribution in [0.5, 0.6) is 0 Å². The van der Waals surface area contributed by atoms with Gasteiger partial charge in [-0.3, -0.25) is 10.1 Å². The second kappa shape index (κ2) is 6.77. The number of nitro groups is 1. The van der Waals surface area contributed by atoms with Gasteiger partial charge in [-0.15, -0.1) is 11.3 Å². The molecule has 128 valence electrons. The molecular weight excluding hydrogens is 353 g/mol. The fourth-order valence-corrected chi connectivity index (χ4v) is 2.66. The van der Waals surface area contributed by atoms with Crippen molar-refractivity contribution in [2.24, 2.45) is 0 Å². The molecule has 10 heteroatoms. The molecule has 0 fully saturated rings. The van der Waals surface area contributed by atoms with Crippen LogP contribution in [0.2, 0.25) is 0 Å². The number of carbonyl (C=O) groups excluding carboxylic acids is 1. The number of nitrogens with zero attached hydrogens (tertiary/aromatic N) is 3. The normalized spacial score (nSPS) is 11.9. The van der Waals surface area contributed by atoms with Gasteiger partial charge >= 0.3 is 5.97 Å². The maximum absolute atomic E-state index is 13.3. The number of benzene rings is 1. The van der Waals surface area contributed by atoms with Crippen LogP contribution in [0, 0.1) is 15.9 Å². The molecule has 0 amide bonds. The van der Waals surface area contributed by atoms with Crippen LogP contribution in [0.4, 0.5) is 10.1 Å². The summed E-state index contributed by atoms with van der Waals surface area (Å²) in [6, 6.07) is 6.16. The van der Waals surface area contributed by atoms with Crippen molar-refractivity contribution in [3.8, 4) is 10.7 Å². The molecule has 0 N–H and O–H groups in total.